The van der Waals surface area contributed by atoms with E-state index < -0.39 is 0 Å². The van der Waals surface area contributed by atoms with E-state index >= 15 is 0 Å². The molecule has 0 radical (unpaired) electrons. The Labute approximate surface area is 115 Å². The Morgan fingerprint density at radius 3 is 2.47 bits per heavy atom. The van der Waals surface area contributed by atoms with Crippen molar-refractivity contribution in [2.75, 3.05) is 50.5 Å². The van der Waals surface area contributed by atoms with Crippen LogP contribution in [-0.2, 0) is 12.8 Å². The molecule has 0 spiro atoms. The van der Waals surface area contributed by atoms with Crippen molar-refractivity contribution < 1.29 is 0 Å². The third-order valence-corrected chi connectivity index (χ3v) is 4.19. The van der Waals surface area contributed by atoms with E-state index in [4.69, 9.17) is 9.97 Å². The minimum absolute atomic E-state index is 0.915. The molecule has 1 saturated heterocycles. The minimum Gasteiger partial charge on any atom is -0.373 e. The maximum Gasteiger partial charge on any atom is 0.227 e. The first-order valence-electron chi connectivity index (χ1n) is 7.29. The lowest BCUT2D eigenvalue weighted by molar-refractivity contribution is 0.311. The number of nitrogens with one attached hydrogen (secondary N) is 1. The van der Waals surface area contributed by atoms with Gasteiger partial charge in [-0.15, -0.1) is 0 Å². The number of rotatable bonds is 2. The average molecular weight is 261 g/mol. The van der Waals surface area contributed by atoms with Crippen molar-refractivity contribution in [3.05, 3.63) is 11.3 Å². The van der Waals surface area contributed by atoms with E-state index in [0.29, 0.717) is 0 Å². The fourth-order valence-electron chi connectivity index (χ4n) is 2.94. The van der Waals surface area contributed by atoms with Crippen LogP contribution in [0, 0.1) is 0 Å². The minimum atomic E-state index is 0.915. The van der Waals surface area contributed by atoms with Gasteiger partial charge in [0.25, 0.3) is 0 Å². The van der Waals surface area contributed by atoms with E-state index in [9.17, 15) is 0 Å². The van der Waals surface area contributed by atoms with Gasteiger partial charge in [-0.25, -0.2) is 4.98 Å². The van der Waals surface area contributed by atoms with E-state index in [0.717, 1.165) is 50.8 Å². The summed E-state index contributed by atoms with van der Waals surface area (Å²) in [5.41, 5.74) is 2.60. The smallest absolute Gasteiger partial charge is 0.227 e. The Morgan fingerprint density at radius 1 is 1.00 bits per heavy atom. The Balaban J connectivity index is 1.89. The Morgan fingerprint density at radius 2 is 1.74 bits per heavy atom. The van der Waals surface area contributed by atoms with Crippen molar-refractivity contribution >= 4 is 11.8 Å². The molecule has 2 aliphatic rings. The van der Waals surface area contributed by atoms with Gasteiger partial charge in [0.05, 0.1) is 5.69 Å². The number of hydrogen-bond acceptors (Lipinski definition) is 5. The second-order valence-electron chi connectivity index (χ2n) is 5.54. The van der Waals surface area contributed by atoms with Crippen molar-refractivity contribution in [1.29, 1.82) is 0 Å². The van der Waals surface area contributed by atoms with Crippen molar-refractivity contribution in [3.63, 3.8) is 0 Å². The number of likely N-dealkylation sites (N-methyl/N-ethyl adjacent to an activating group) is 1. The van der Waals surface area contributed by atoms with Crippen LogP contribution in [0.15, 0.2) is 0 Å². The summed E-state index contributed by atoms with van der Waals surface area (Å²) in [6, 6.07) is 0. The van der Waals surface area contributed by atoms with Crippen LogP contribution in [0.2, 0.25) is 0 Å². The average Bonchev–Trinajstić information content (AvgIpc) is 2.47. The fraction of sp³-hybridized carbons (Fsp3) is 0.714. The zero-order valence-electron chi connectivity index (χ0n) is 11.9. The van der Waals surface area contributed by atoms with Crippen LogP contribution in [0.1, 0.15) is 24.1 Å². The molecule has 0 aromatic carbocycles. The summed E-state index contributed by atoms with van der Waals surface area (Å²) in [4.78, 5) is 14.2. The van der Waals surface area contributed by atoms with E-state index in [1.807, 2.05) is 7.05 Å². The molecule has 104 valence electrons. The standard InChI is InChI=1S/C14H23N5/c1-15-13-11-5-3-4-6-12(11)16-14(17-13)19-9-7-18(2)8-10-19/h3-10H2,1-2H3,(H,15,16,17). The van der Waals surface area contributed by atoms with Crippen LogP contribution >= 0.6 is 0 Å². The first-order chi connectivity index (χ1) is 9.28. The molecule has 0 unspecified atom stereocenters. The molecule has 2 heterocycles. The molecule has 5 heteroatoms. The van der Waals surface area contributed by atoms with Crippen molar-refractivity contribution in [2.24, 2.45) is 0 Å². The zero-order chi connectivity index (χ0) is 13.2. The molecule has 1 aromatic heterocycles. The summed E-state index contributed by atoms with van der Waals surface area (Å²) >= 11 is 0. The summed E-state index contributed by atoms with van der Waals surface area (Å²) in [6.45, 7) is 4.24. The van der Waals surface area contributed by atoms with Crippen molar-refractivity contribution in [3.8, 4) is 0 Å². The third-order valence-electron chi connectivity index (χ3n) is 4.19. The molecule has 1 aliphatic carbocycles. The Kier molecular flexibility index (Phi) is 3.55. The number of piperazine rings is 1. The summed E-state index contributed by atoms with van der Waals surface area (Å²) in [6.07, 6.45) is 4.75. The fourth-order valence-corrected chi connectivity index (χ4v) is 2.94. The normalized spacial score (nSPS) is 20.2. The second-order valence-corrected chi connectivity index (χ2v) is 5.54. The molecule has 0 bridgehead atoms. The first-order valence-corrected chi connectivity index (χ1v) is 7.29. The second kappa shape index (κ2) is 5.33. The van der Waals surface area contributed by atoms with Crippen LogP contribution in [0.4, 0.5) is 11.8 Å². The Bertz CT molecular complexity index is 434. The number of aryl methyl sites for hydroxylation is 1. The van der Waals surface area contributed by atoms with Gasteiger partial charge in [-0.05, 0) is 32.7 Å². The maximum absolute atomic E-state index is 4.83. The van der Waals surface area contributed by atoms with E-state index in [1.165, 1.54) is 24.1 Å². The summed E-state index contributed by atoms with van der Waals surface area (Å²) in [5.74, 6) is 1.96. The lowest BCUT2D eigenvalue weighted by atomic mass is 9.96. The Hall–Kier alpha value is -1.36. The number of nitrogens with zero attached hydrogens (tertiary/aromatic N) is 4. The highest BCUT2D eigenvalue weighted by atomic mass is 15.3. The van der Waals surface area contributed by atoms with Crippen LogP contribution in [0.25, 0.3) is 0 Å². The molecule has 1 N–H and O–H groups in total. The van der Waals surface area contributed by atoms with Gasteiger partial charge in [0.2, 0.25) is 5.95 Å². The monoisotopic (exact) mass is 261 g/mol. The quantitative estimate of drug-likeness (QED) is 0.865. The van der Waals surface area contributed by atoms with Gasteiger partial charge in [-0.2, -0.15) is 4.98 Å². The molecule has 0 amide bonds. The van der Waals surface area contributed by atoms with Gasteiger partial charge in [0.1, 0.15) is 5.82 Å². The first kappa shape index (κ1) is 12.7. The molecule has 19 heavy (non-hydrogen) atoms. The molecule has 1 aliphatic heterocycles. The molecular weight excluding hydrogens is 238 g/mol. The predicted molar refractivity (Wildman–Crippen MR) is 77.9 cm³/mol. The van der Waals surface area contributed by atoms with Gasteiger partial charge in [0.15, 0.2) is 0 Å². The number of fused-ring (bicyclic) bond motifs is 1. The molecule has 0 atom stereocenters. The number of aromatic nitrogens is 2. The zero-order valence-corrected chi connectivity index (χ0v) is 11.9. The summed E-state index contributed by atoms with van der Waals surface area (Å²) in [7, 11) is 4.13. The van der Waals surface area contributed by atoms with E-state index in [1.54, 1.807) is 0 Å². The van der Waals surface area contributed by atoms with Crippen LogP contribution in [0.3, 0.4) is 0 Å². The molecular formula is C14H23N5. The van der Waals surface area contributed by atoms with Crippen LogP contribution in [-0.4, -0.2) is 55.1 Å². The van der Waals surface area contributed by atoms with Crippen molar-refractivity contribution in [2.45, 2.75) is 25.7 Å². The van der Waals surface area contributed by atoms with E-state index in [2.05, 4.69) is 22.2 Å². The molecule has 1 fully saturated rings. The van der Waals surface area contributed by atoms with Gasteiger partial charge >= 0.3 is 0 Å². The lowest BCUT2D eigenvalue weighted by Gasteiger charge is -2.33. The molecule has 3 rings (SSSR count). The lowest BCUT2D eigenvalue weighted by Crippen LogP contribution is -2.45. The topological polar surface area (TPSA) is 44.3 Å². The maximum atomic E-state index is 4.83. The van der Waals surface area contributed by atoms with Gasteiger partial charge in [0, 0.05) is 38.8 Å². The highest BCUT2D eigenvalue weighted by Crippen LogP contribution is 2.27. The molecule has 1 aromatic rings. The summed E-state index contributed by atoms with van der Waals surface area (Å²) in [5, 5.41) is 3.26. The van der Waals surface area contributed by atoms with Crippen LogP contribution in [0.5, 0.6) is 0 Å². The van der Waals surface area contributed by atoms with Gasteiger partial charge < -0.3 is 15.1 Å². The van der Waals surface area contributed by atoms with Crippen LogP contribution < -0.4 is 10.2 Å². The van der Waals surface area contributed by atoms with E-state index in [-0.39, 0.29) is 0 Å². The molecule has 5 nitrogen and oxygen atoms in total. The van der Waals surface area contributed by atoms with Crippen molar-refractivity contribution in [1.82, 2.24) is 14.9 Å². The predicted octanol–water partition coefficient (Wildman–Crippen LogP) is 1.15. The largest absolute Gasteiger partial charge is 0.373 e. The SMILES string of the molecule is CNc1nc(N2CCN(C)CC2)nc2c1CCCC2. The molecule has 0 saturated carbocycles. The highest BCUT2D eigenvalue weighted by molar-refractivity contribution is 5.52. The number of anilines is 2. The van der Waals surface area contributed by atoms with Gasteiger partial charge in [-0.3, -0.25) is 0 Å². The number of hydrogen-bond donors (Lipinski definition) is 1. The third kappa shape index (κ3) is 2.52. The summed E-state index contributed by atoms with van der Waals surface area (Å²) < 4.78 is 0. The van der Waals surface area contributed by atoms with Gasteiger partial charge in [-0.1, -0.05) is 0 Å². The highest BCUT2D eigenvalue weighted by Gasteiger charge is 2.21.